The van der Waals surface area contributed by atoms with Crippen molar-refractivity contribution in [3.05, 3.63) is 55.3 Å². The molecule has 1 aliphatic rings. The number of fused-ring (bicyclic) bond motifs is 1. The molecule has 1 aromatic carbocycles. The quantitative estimate of drug-likeness (QED) is 0.690. The SMILES string of the molecule is O=C(c1csc(I)c1)N1CCc2ccccc2CC1. The maximum Gasteiger partial charge on any atom is 0.254 e. The minimum atomic E-state index is 0.173. The molecule has 3 rings (SSSR count). The van der Waals surface area contributed by atoms with E-state index in [4.69, 9.17) is 0 Å². The summed E-state index contributed by atoms with van der Waals surface area (Å²) in [4.78, 5) is 14.4. The zero-order chi connectivity index (χ0) is 13.2. The van der Waals surface area contributed by atoms with Crippen molar-refractivity contribution in [1.29, 1.82) is 0 Å². The van der Waals surface area contributed by atoms with E-state index in [-0.39, 0.29) is 5.91 Å². The van der Waals surface area contributed by atoms with Gasteiger partial charge in [-0.25, -0.2) is 0 Å². The molecule has 0 fully saturated rings. The highest BCUT2D eigenvalue weighted by Gasteiger charge is 2.20. The van der Waals surface area contributed by atoms with E-state index in [0.29, 0.717) is 0 Å². The molecule has 0 bridgehead atoms. The highest BCUT2D eigenvalue weighted by atomic mass is 127. The first-order chi connectivity index (χ1) is 9.24. The Morgan fingerprint density at radius 2 is 1.79 bits per heavy atom. The molecule has 0 atom stereocenters. The van der Waals surface area contributed by atoms with Gasteiger partial charge < -0.3 is 4.90 Å². The van der Waals surface area contributed by atoms with Gasteiger partial charge in [-0.15, -0.1) is 11.3 Å². The number of carbonyl (C=O) groups excluding carboxylic acids is 1. The third-order valence-corrected chi connectivity index (χ3v) is 5.31. The molecule has 2 nitrogen and oxygen atoms in total. The van der Waals surface area contributed by atoms with Crippen LogP contribution in [0.4, 0.5) is 0 Å². The first-order valence-corrected chi connectivity index (χ1v) is 8.30. The number of hydrogen-bond donors (Lipinski definition) is 0. The van der Waals surface area contributed by atoms with Gasteiger partial charge in [0.15, 0.2) is 0 Å². The predicted molar refractivity (Wildman–Crippen MR) is 86.8 cm³/mol. The average molecular weight is 383 g/mol. The second-order valence-corrected chi connectivity index (χ2v) is 7.51. The number of halogens is 1. The number of hydrogen-bond acceptors (Lipinski definition) is 2. The van der Waals surface area contributed by atoms with Crippen molar-refractivity contribution < 1.29 is 4.79 Å². The molecule has 4 heteroatoms. The maximum absolute atomic E-state index is 12.4. The Morgan fingerprint density at radius 1 is 1.16 bits per heavy atom. The lowest BCUT2D eigenvalue weighted by Gasteiger charge is -2.19. The summed E-state index contributed by atoms with van der Waals surface area (Å²) in [6, 6.07) is 10.5. The van der Waals surface area contributed by atoms with Crippen LogP contribution in [0.15, 0.2) is 35.7 Å². The molecule has 0 spiro atoms. The molecule has 2 heterocycles. The molecule has 1 aromatic heterocycles. The van der Waals surface area contributed by atoms with Crippen LogP contribution >= 0.6 is 33.9 Å². The molecular weight excluding hydrogens is 369 g/mol. The Kier molecular flexibility index (Phi) is 3.88. The zero-order valence-corrected chi connectivity index (χ0v) is 13.4. The van der Waals surface area contributed by atoms with Gasteiger partial charge in [-0.05, 0) is 52.6 Å². The van der Waals surface area contributed by atoms with Gasteiger partial charge in [-0.3, -0.25) is 4.79 Å². The van der Waals surface area contributed by atoms with E-state index in [1.165, 1.54) is 14.0 Å². The molecule has 0 unspecified atom stereocenters. The lowest BCUT2D eigenvalue weighted by atomic mass is 10.0. The first kappa shape index (κ1) is 13.1. The summed E-state index contributed by atoms with van der Waals surface area (Å²) >= 11 is 3.89. The molecule has 0 saturated heterocycles. The monoisotopic (exact) mass is 383 g/mol. The Balaban J connectivity index is 1.77. The van der Waals surface area contributed by atoms with Crippen LogP contribution in [0.25, 0.3) is 0 Å². The van der Waals surface area contributed by atoms with Gasteiger partial charge >= 0.3 is 0 Å². The summed E-state index contributed by atoms with van der Waals surface area (Å²) in [5.41, 5.74) is 3.61. The number of benzene rings is 1. The van der Waals surface area contributed by atoms with Crippen LogP contribution in [0.5, 0.6) is 0 Å². The van der Waals surface area contributed by atoms with Crippen LogP contribution in [0.3, 0.4) is 0 Å². The molecule has 0 N–H and O–H groups in total. The summed E-state index contributed by atoms with van der Waals surface area (Å²) in [6.45, 7) is 1.64. The van der Waals surface area contributed by atoms with Gasteiger partial charge in [-0.1, -0.05) is 24.3 Å². The van der Waals surface area contributed by atoms with E-state index in [9.17, 15) is 4.79 Å². The van der Waals surface area contributed by atoms with Crippen molar-refractivity contribution in [3.8, 4) is 0 Å². The molecule has 0 radical (unpaired) electrons. The van der Waals surface area contributed by atoms with E-state index < -0.39 is 0 Å². The summed E-state index contributed by atoms with van der Waals surface area (Å²) in [5, 5.41) is 1.96. The number of rotatable bonds is 1. The number of amides is 1. The van der Waals surface area contributed by atoms with E-state index in [1.54, 1.807) is 11.3 Å². The highest BCUT2D eigenvalue weighted by Crippen LogP contribution is 2.20. The fourth-order valence-electron chi connectivity index (χ4n) is 2.48. The van der Waals surface area contributed by atoms with Gasteiger partial charge in [0.2, 0.25) is 0 Å². The number of thiophene rings is 1. The summed E-state index contributed by atoms with van der Waals surface area (Å²) in [6.07, 6.45) is 1.92. The second kappa shape index (κ2) is 5.63. The van der Waals surface area contributed by atoms with Crippen molar-refractivity contribution >= 4 is 39.8 Å². The van der Waals surface area contributed by atoms with Crippen LogP contribution in [0.2, 0.25) is 0 Å². The van der Waals surface area contributed by atoms with E-state index in [1.807, 2.05) is 16.3 Å². The van der Waals surface area contributed by atoms with Crippen molar-refractivity contribution in [2.24, 2.45) is 0 Å². The topological polar surface area (TPSA) is 20.3 Å². The molecule has 0 saturated carbocycles. The van der Waals surface area contributed by atoms with Crippen LogP contribution in [-0.2, 0) is 12.8 Å². The van der Waals surface area contributed by atoms with Gasteiger partial charge in [0.25, 0.3) is 5.91 Å². The molecule has 1 aliphatic heterocycles. The average Bonchev–Trinajstić information content (AvgIpc) is 2.74. The zero-order valence-electron chi connectivity index (χ0n) is 10.4. The third-order valence-electron chi connectivity index (χ3n) is 3.52. The van der Waals surface area contributed by atoms with Crippen LogP contribution in [0.1, 0.15) is 21.5 Å². The van der Waals surface area contributed by atoms with Gasteiger partial charge in [0.1, 0.15) is 0 Å². The van der Waals surface area contributed by atoms with Gasteiger partial charge in [-0.2, -0.15) is 0 Å². The number of nitrogens with zero attached hydrogens (tertiary/aromatic N) is 1. The van der Waals surface area contributed by atoms with Crippen molar-refractivity contribution in [1.82, 2.24) is 4.90 Å². The highest BCUT2D eigenvalue weighted by molar-refractivity contribution is 14.1. The molecule has 98 valence electrons. The van der Waals surface area contributed by atoms with Crippen LogP contribution in [-0.4, -0.2) is 23.9 Å². The lowest BCUT2D eigenvalue weighted by molar-refractivity contribution is 0.0763. The van der Waals surface area contributed by atoms with E-state index in [0.717, 1.165) is 31.5 Å². The second-order valence-electron chi connectivity index (χ2n) is 4.70. The minimum Gasteiger partial charge on any atom is -0.338 e. The van der Waals surface area contributed by atoms with Crippen LogP contribution in [0, 0.1) is 2.88 Å². The minimum absolute atomic E-state index is 0.173. The molecule has 2 aromatic rings. The maximum atomic E-state index is 12.4. The first-order valence-electron chi connectivity index (χ1n) is 6.34. The summed E-state index contributed by atoms with van der Waals surface area (Å²) in [7, 11) is 0. The normalized spacial score (nSPS) is 14.9. The van der Waals surface area contributed by atoms with Crippen molar-refractivity contribution in [3.63, 3.8) is 0 Å². The molecule has 0 aliphatic carbocycles. The van der Waals surface area contributed by atoms with Gasteiger partial charge in [0, 0.05) is 18.5 Å². The molecule has 1 amide bonds. The molecule has 19 heavy (non-hydrogen) atoms. The molecular formula is C15H14INOS. The Labute approximate surface area is 130 Å². The van der Waals surface area contributed by atoms with Gasteiger partial charge in [0.05, 0.1) is 8.45 Å². The Hall–Kier alpha value is -0.880. The van der Waals surface area contributed by atoms with Crippen LogP contribution < -0.4 is 0 Å². The third kappa shape index (κ3) is 2.84. The summed E-state index contributed by atoms with van der Waals surface area (Å²) in [5.74, 6) is 0.173. The fraction of sp³-hybridized carbons (Fsp3) is 0.267. The predicted octanol–water partition coefficient (Wildman–Crippen LogP) is 3.59. The van der Waals surface area contributed by atoms with E-state index in [2.05, 4.69) is 46.9 Å². The fourth-order valence-corrected chi connectivity index (χ4v) is 3.80. The van der Waals surface area contributed by atoms with Crippen molar-refractivity contribution in [2.75, 3.05) is 13.1 Å². The summed E-state index contributed by atoms with van der Waals surface area (Å²) < 4.78 is 1.17. The Bertz CT molecular complexity index is 581. The standard InChI is InChI=1S/C15H14INOS/c16-14-9-13(10-19-14)15(18)17-7-5-11-3-1-2-4-12(11)6-8-17/h1-4,9-10H,5-8H2. The smallest absolute Gasteiger partial charge is 0.254 e. The largest absolute Gasteiger partial charge is 0.338 e. The van der Waals surface area contributed by atoms with E-state index >= 15 is 0 Å². The lowest BCUT2D eigenvalue weighted by Crippen LogP contribution is -2.33. The Morgan fingerprint density at radius 3 is 2.32 bits per heavy atom. The van der Waals surface area contributed by atoms with Crippen molar-refractivity contribution in [2.45, 2.75) is 12.8 Å². The number of carbonyl (C=O) groups is 1.